The number of aryl methyl sites for hydroxylation is 1. The third-order valence-electron chi connectivity index (χ3n) is 4.87. The van der Waals surface area contributed by atoms with Gasteiger partial charge in [-0.3, -0.25) is 9.78 Å². The molecule has 1 saturated heterocycles. The molecule has 0 aromatic carbocycles. The first kappa shape index (κ1) is 16.4. The average Bonchev–Trinajstić information content (AvgIpc) is 2.98. The maximum Gasteiger partial charge on any atom is 0.220 e. The van der Waals surface area contributed by atoms with E-state index in [2.05, 4.69) is 17.2 Å². The van der Waals surface area contributed by atoms with Gasteiger partial charge in [0.25, 0.3) is 0 Å². The number of hydrogen-bond acceptors (Lipinski definition) is 4. The normalized spacial score (nSPS) is 30.5. The standard InChI is InChI=1S/C18H26N2O3/c1-14-4-8-18(9-5-14)22-13-16(23-18)12-20-17(21)3-2-15-6-10-19-11-7-15/h6-7,10-11,14,16H,2-5,8-9,12-13H2,1H3,(H,20,21). The summed E-state index contributed by atoms with van der Waals surface area (Å²) in [6.07, 6.45) is 8.96. The summed E-state index contributed by atoms with van der Waals surface area (Å²) in [5, 5.41) is 2.97. The van der Waals surface area contributed by atoms with Crippen LogP contribution in [0.1, 0.15) is 44.6 Å². The molecule has 3 rings (SSSR count). The van der Waals surface area contributed by atoms with Gasteiger partial charge in [0.1, 0.15) is 6.10 Å². The van der Waals surface area contributed by atoms with E-state index in [0.717, 1.165) is 43.6 Å². The largest absolute Gasteiger partial charge is 0.353 e. The molecule has 1 aromatic rings. The highest BCUT2D eigenvalue weighted by Gasteiger charge is 2.43. The Balaban J connectivity index is 1.37. The van der Waals surface area contributed by atoms with Crippen molar-refractivity contribution in [1.29, 1.82) is 0 Å². The van der Waals surface area contributed by atoms with Crippen LogP contribution in [0.5, 0.6) is 0 Å². The number of pyridine rings is 1. The Morgan fingerprint density at radius 3 is 2.83 bits per heavy atom. The van der Waals surface area contributed by atoms with Crippen molar-refractivity contribution in [2.75, 3.05) is 13.2 Å². The van der Waals surface area contributed by atoms with Gasteiger partial charge in [-0.1, -0.05) is 6.92 Å². The predicted octanol–water partition coefficient (Wildman–Crippen LogP) is 2.45. The third-order valence-corrected chi connectivity index (χ3v) is 4.87. The molecular weight excluding hydrogens is 292 g/mol. The van der Waals surface area contributed by atoms with Crippen LogP contribution in [0, 0.1) is 5.92 Å². The fraction of sp³-hybridized carbons (Fsp3) is 0.667. The summed E-state index contributed by atoms with van der Waals surface area (Å²) in [5.74, 6) is 0.447. The summed E-state index contributed by atoms with van der Waals surface area (Å²) >= 11 is 0. The smallest absolute Gasteiger partial charge is 0.220 e. The molecular formula is C18H26N2O3. The summed E-state index contributed by atoms with van der Waals surface area (Å²) in [6, 6.07) is 3.88. The number of carbonyl (C=O) groups is 1. The monoisotopic (exact) mass is 318 g/mol. The van der Waals surface area contributed by atoms with E-state index in [1.807, 2.05) is 12.1 Å². The van der Waals surface area contributed by atoms with Crippen molar-refractivity contribution in [1.82, 2.24) is 10.3 Å². The lowest BCUT2D eigenvalue weighted by Crippen LogP contribution is -2.38. The first-order valence-electron chi connectivity index (χ1n) is 8.63. The quantitative estimate of drug-likeness (QED) is 0.906. The van der Waals surface area contributed by atoms with E-state index < -0.39 is 0 Å². The van der Waals surface area contributed by atoms with Crippen LogP contribution >= 0.6 is 0 Å². The van der Waals surface area contributed by atoms with Crippen molar-refractivity contribution in [3.63, 3.8) is 0 Å². The highest BCUT2D eigenvalue weighted by atomic mass is 16.7. The molecule has 1 aliphatic heterocycles. The Morgan fingerprint density at radius 2 is 2.09 bits per heavy atom. The number of amides is 1. The maximum absolute atomic E-state index is 12.0. The van der Waals surface area contributed by atoms with E-state index in [4.69, 9.17) is 9.47 Å². The van der Waals surface area contributed by atoms with Crippen LogP contribution in [0.2, 0.25) is 0 Å². The lowest BCUT2D eigenvalue weighted by Gasteiger charge is -2.34. The lowest BCUT2D eigenvalue weighted by atomic mass is 9.86. The molecule has 1 aliphatic carbocycles. The van der Waals surface area contributed by atoms with E-state index in [-0.39, 0.29) is 17.8 Å². The van der Waals surface area contributed by atoms with Crippen LogP contribution in [0.3, 0.4) is 0 Å². The van der Waals surface area contributed by atoms with Crippen molar-refractivity contribution in [2.24, 2.45) is 5.92 Å². The van der Waals surface area contributed by atoms with E-state index >= 15 is 0 Å². The molecule has 1 spiro atoms. The molecule has 1 N–H and O–H groups in total. The van der Waals surface area contributed by atoms with Crippen LogP contribution in [0.4, 0.5) is 0 Å². The molecule has 1 unspecified atom stereocenters. The highest BCUT2D eigenvalue weighted by molar-refractivity contribution is 5.76. The average molecular weight is 318 g/mol. The first-order chi connectivity index (χ1) is 11.2. The number of ether oxygens (including phenoxy) is 2. The molecule has 5 nitrogen and oxygen atoms in total. The van der Waals surface area contributed by atoms with Gasteiger partial charge in [0.2, 0.25) is 5.91 Å². The number of aromatic nitrogens is 1. The van der Waals surface area contributed by atoms with Crippen molar-refractivity contribution < 1.29 is 14.3 Å². The van der Waals surface area contributed by atoms with Gasteiger partial charge in [-0.15, -0.1) is 0 Å². The first-order valence-corrected chi connectivity index (χ1v) is 8.63. The predicted molar refractivity (Wildman–Crippen MR) is 86.8 cm³/mol. The number of carbonyl (C=O) groups excluding carboxylic acids is 1. The van der Waals surface area contributed by atoms with Crippen molar-refractivity contribution in [3.8, 4) is 0 Å². The second kappa shape index (κ2) is 7.41. The molecule has 5 heteroatoms. The summed E-state index contributed by atoms with van der Waals surface area (Å²) in [4.78, 5) is 15.9. The highest BCUT2D eigenvalue weighted by Crippen LogP contribution is 2.39. The Kier molecular flexibility index (Phi) is 5.28. The summed E-state index contributed by atoms with van der Waals surface area (Å²) in [5.41, 5.74) is 1.13. The minimum absolute atomic E-state index is 0.0201. The van der Waals surface area contributed by atoms with Gasteiger partial charge in [-0.05, 0) is 42.9 Å². The SMILES string of the molecule is CC1CCC2(CC1)OCC(CNC(=O)CCc1ccncc1)O2. The van der Waals surface area contributed by atoms with E-state index in [1.165, 1.54) is 0 Å². The molecule has 126 valence electrons. The van der Waals surface area contributed by atoms with Crippen LogP contribution < -0.4 is 5.32 Å². The third kappa shape index (κ3) is 4.52. The Labute approximate surface area is 137 Å². The van der Waals surface area contributed by atoms with E-state index in [0.29, 0.717) is 19.6 Å². The summed E-state index contributed by atoms with van der Waals surface area (Å²) in [7, 11) is 0. The van der Waals surface area contributed by atoms with Gasteiger partial charge in [0.05, 0.1) is 6.61 Å². The minimum atomic E-state index is -0.376. The Morgan fingerprint density at radius 1 is 1.35 bits per heavy atom. The van der Waals surface area contributed by atoms with Gasteiger partial charge in [0.15, 0.2) is 5.79 Å². The molecule has 1 saturated carbocycles. The number of hydrogen-bond donors (Lipinski definition) is 1. The zero-order chi connectivity index (χ0) is 16.1. The zero-order valence-electron chi connectivity index (χ0n) is 13.8. The fourth-order valence-corrected chi connectivity index (χ4v) is 3.30. The van der Waals surface area contributed by atoms with Crippen LogP contribution in [-0.2, 0) is 20.7 Å². The maximum atomic E-state index is 12.0. The van der Waals surface area contributed by atoms with Gasteiger partial charge in [-0.2, -0.15) is 0 Å². The minimum Gasteiger partial charge on any atom is -0.353 e. The van der Waals surface area contributed by atoms with Gasteiger partial charge < -0.3 is 14.8 Å². The molecule has 1 amide bonds. The second-order valence-electron chi connectivity index (χ2n) is 6.80. The van der Waals surface area contributed by atoms with Crippen LogP contribution in [0.15, 0.2) is 24.5 Å². The fourth-order valence-electron chi connectivity index (χ4n) is 3.30. The topological polar surface area (TPSA) is 60.5 Å². The van der Waals surface area contributed by atoms with E-state index in [1.54, 1.807) is 12.4 Å². The number of nitrogens with zero attached hydrogens (tertiary/aromatic N) is 1. The number of nitrogens with one attached hydrogen (secondary N) is 1. The molecule has 23 heavy (non-hydrogen) atoms. The molecule has 2 fully saturated rings. The van der Waals surface area contributed by atoms with Crippen LogP contribution in [-0.4, -0.2) is 35.9 Å². The number of rotatable bonds is 5. The van der Waals surface area contributed by atoms with Crippen molar-refractivity contribution in [2.45, 2.75) is 57.3 Å². The molecule has 1 atom stereocenters. The molecule has 2 aliphatic rings. The molecule has 2 heterocycles. The summed E-state index contributed by atoms with van der Waals surface area (Å²) < 4.78 is 12.0. The summed E-state index contributed by atoms with van der Waals surface area (Å²) in [6.45, 7) is 3.40. The van der Waals surface area contributed by atoms with Crippen molar-refractivity contribution >= 4 is 5.91 Å². The molecule has 1 aromatic heterocycles. The van der Waals surface area contributed by atoms with Crippen LogP contribution in [0.25, 0.3) is 0 Å². The van der Waals surface area contributed by atoms with Crippen molar-refractivity contribution in [3.05, 3.63) is 30.1 Å². The van der Waals surface area contributed by atoms with Gasteiger partial charge in [-0.25, -0.2) is 0 Å². The molecule has 0 bridgehead atoms. The second-order valence-corrected chi connectivity index (χ2v) is 6.80. The van der Waals surface area contributed by atoms with Gasteiger partial charge in [0, 0.05) is 38.2 Å². The zero-order valence-corrected chi connectivity index (χ0v) is 13.8. The lowest BCUT2D eigenvalue weighted by molar-refractivity contribution is -0.191. The Hall–Kier alpha value is -1.46. The van der Waals surface area contributed by atoms with E-state index in [9.17, 15) is 4.79 Å². The Bertz CT molecular complexity index is 512. The molecule has 0 radical (unpaired) electrons. The van der Waals surface area contributed by atoms with Gasteiger partial charge >= 0.3 is 0 Å².